The van der Waals surface area contributed by atoms with Crippen LogP contribution in [0, 0.1) is 22.9 Å². The molecule has 2 N–H and O–H groups in total. The fraction of sp³-hybridized carbons (Fsp3) is 0.333. The molecule has 19 heteroatoms. The quantitative estimate of drug-likeness (QED) is 0.0323. The fourth-order valence-electron chi connectivity index (χ4n) is 9.01. The summed E-state index contributed by atoms with van der Waals surface area (Å²) < 4.78 is 65.3. The number of sulfone groups is 1. The molecule has 0 bridgehead atoms. The van der Waals surface area contributed by atoms with Gasteiger partial charge in [0.15, 0.2) is 9.84 Å². The van der Waals surface area contributed by atoms with Crippen molar-refractivity contribution in [2.24, 2.45) is 0 Å². The summed E-state index contributed by atoms with van der Waals surface area (Å²) in [5.41, 5.74) is 4.72. The molecule has 0 saturated carbocycles. The van der Waals surface area contributed by atoms with E-state index >= 15 is 4.39 Å². The van der Waals surface area contributed by atoms with Crippen LogP contribution >= 0.6 is 31.1 Å². The number of hydrogen-bond acceptors (Lipinski definition) is 11. The number of nitrogens with zero attached hydrogens (tertiary/aromatic N) is 6. The lowest BCUT2D eigenvalue weighted by Crippen LogP contribution is -2.46. The summed E-state index contributed by atoms with van der Waals surface area (Å²) in [5, 5.41) is 16.6. The predicted octanol–water partition coefficient (Wildman–Crippen LogP) is 11.9. The number of hydrogen-bond donors (Lipinski definition) is 2. The minimum atomic E-state index is -4.58. The number of nitro benzene ring substituents is 1. The molecule has 0 aliphatic carbocycles. The first kappa shape index (κ1) is 52.4. The lowest BCUT2D eigenvalue weighted by molar-refractivity contribution is -0.383. The van der Waals surface area contributed by atoms with Gasteiger partial charge in [-0.3, -0.25) is 14.6 Å². The molecule has 70 heavy (non-hydrogen) atoms. The lowest BCUT2D eigenvalue weighted by Gasteiger charge is -2.38. The van der Waals surface area contributed by atoms with Crippen LogP contribution in [0.2, 0.25) is 5.02 Å². The molecule has 1 aromatic heterocycles. The number of thioether (sulfide) groups is 1. The average Bonchev–Trinajstić information content (AvgIpc) is 3.64. The van der Waals surface area contributed by atoms with Gasteiger partial charge in [0.2, 0.25) is 0 Å². The molecule has 1 fully saturated rings. The molecular weight excluding hydrogens is 972 g/mol. The van der Waals surface area contributed by atoms with Gasteiger partial charge in [0.1, 0.15) is 11.5 Å². The summed E-state index contributed by atoms with van der Waals surface area (Å²) in [6, 6.07) is 33.0. The van der Waals surface area contributed by atoms with Crippen molar-refractivity contribution in [3.63, 3.8) is 0 Å². The smallest absolute Gasteiger partial charge is 0.376 e. The van der Waals surface area contributed by atoms with Gasteiger partial charge in [-0.25, -0.2) is 22.0 Å². The van der Waals surface area contributed by atoms with Crippen molar-refractivity contribution >= 4 is 75.1 Å². The summed E-state index contributed by atoms with van der Waals surface area (Å²) in [7, 11) is -4.40. The van der Waals surface area contributed by atoms with Gasteiger partial charge >= 0.3 is 7.75 Å². The van der Waals surface area contributed by atoms with Gasteiger partial charge in [0, 0.05) is 88.9 Å². The molecule has 1 saturated heterocycles. The second-order valence-electron chi connectivity index (χ2n) is 17.8. The Morgan fingerprint density at radius 3 is 2.11 bits per heavy atom. The molecule has 2 heterocycles. The maximum Gasteiger partial charge on any atom is 0.437 e. The Morgan fingerprint density at radius 1 is 0.900 bits per heavy atom. The van der Waals surface area contributed by atoms with Crippen LogP contribution in [0.25, 0.3) is 22.4 Å². The minimum absolute atomic E-state index is 0.0828. The molecule has 0 radical (unpaired) electrons. The molecule has 0 amide bonds. The molecule has 0 spiro atoms. The van der Waals surface area contributed by atoms with E-state index in [0.29, 0.717) is 76.5 Å². The summed E-state index contributed by atoms with van der Waals surface area (Å²) in [5.74, 6) is 0.151. The largest absolute Gasteiger partial charge is 0.437 e. The first-order valence-corrected chi connectivity index (χ1v) is 27.8. The highest BCUT2D eigenvalue weighted by Crippen LogP contribution is 2.55. The monoisotopic (exact) mass is 1030 g/mol. The number of nitro groups is 1. The molecule has 2 atom stereocenters. The van der Waals surface area contributed by atoms with E-state index in [-0.39, 0.29) is 35.0 Å². The molecular formula is C51H60ClFN7O7PS2. The Hall–Kier alpha value is -5.39. The second-order valence-corrected chi connectivity index (χ2v) is 22.9. The van der Waals surface area contributed by atoms with Gasteiger partial charge in [-0.05, 0) is 145 Å². The van der Waals surface area contributed by atoms with Crippen LogP contribution in [-0.4, -0.2) is 99.2 Å². The van der Waals surface area contributed by atoms with Crippen molar-refractivity contribution in [3.05, 3.63) is 142 Å². The van der Waals surface area contributed by atoms with Crippen LogP contribution in [0.15, 0.2) is 125 Å². The fourth-order valence-corrected chi connectivity index (χ4v) is 12.6. The van der Waals surface area contributed by atoms with Gasteiger partial charge in [-0.1, -0.05) is 41.9 Å². The highest BCUT2D eigenvalue weighted by atomic mass is 35.5. The predicted molar refractivity (Wildman–Crippen MR) is 284 cm³/mol. The number of benzene rings is 5. The summed E-state index contributed by atoms with van der Waals surface area (Å²) in [6.07, 6.45) is 1.90. The third kappa shape index (κ3) is 12.2. The van der Waals surface area contributed by atoms with Gasteiger partial charge in [-0.2, -0.15) is 0 Å². The number of piperazine rings is 1. The Kier molecular flexibility index (Phi) is 16.7. The number of rotatable bonds is 20. The summed E-state index contributed by atoms with van der Waals surface area (Å²) in [6.45, 7) is 10.1. The van der Waals surface area contributed by atoms with Crippen LogP contribution in [-0.2, 0) is 18.9 Å². The molecule has 1 aliphatic rings. The molecule has 6 aromatic rings. The zero-order valence-corrected chi connectivity index (χ0v) is 43.7. The topological polar surface area (TPSA) is 154 Å². The van der Waals surface area contributed by atoms with Crippen LogP contribution in [0.1, 0.15) is 38.9 Å². The first-order chi connectivity index (χ1) is 33.2. The van der Waals surface area contributed by atoms with Gasteiger partial charge in [-0.15, -0.1) is 11.8 Å². The van der Waals surface area contributed by atoms with E-state index in [1.54, 1.807) is 62.0 Å². The van der Waals surface area contributed by atoms with E-state index in [1.165, 1.54) is 24.5 Å². The van der Waals surface area contributed by atoms with E-state index in [4.69, 9.17) is 16.1 Å². The molecule has 1 aliphatic heterocycles. The number of halogens is 2. The maximum atomic E-state index is 15.8. The van der Waals surface area contributed by atoms with Gasteiger partial charge in [0.05, 0.1) is 33.5 Å². The van der Waals surface area contributed by atoms with Crippen molar-refractivity contribution in [2.45, 2.75) is 56.0 Å². The minimum Gasteiger partial charge on any atom is -0.376 e. The zero-order chi connectivity index (χ0) is 50.5. The van der Waals surface area contributed by atoms with E-state index in [9.17, 15) is 28.0 Å². The highest BCUT2D eigenvalue weighted by Gasteiger charge is 2.34. The Balaban J connectivity index is 1.13. The molecule has 1 unspecified atom stereocenters. The number of anilines is 5. The SMILES string of the molecule is CCOP(=O)(O)N(c1ccc(N2CCN(c3cc(F)cc(-c4c(S(C)(=O)=O)c(C)n(C(C)C)c4-c4ccc(Cl)cc4)c3)CC2)cc1)c1ccc(N[C@H](CCN(C)C)CSc2ccccc2)c([N+](=O)[O-])c1. The van der Waals surface area contributed by atoms with Gasteiger partial charge in [0.25, 0.3) is 5.69 Å². The van der Waals surface area contributed by atoms with Crippen molar-refractivity contribution in [1.82, 2.24) is 9.47 Å². The summed E-state index contributed by atoms with van der Waals surface area (Å²) in [4.78, 5) is 31.0. The third-order valence-corrected chi connectivity index (χ3v) is 16.4. The lowest BCUT2D eigenvalue weighted by atomic mass is 9.99. The molecule has 14 nitrogen and oxygen atoms in total. The second kappa shape index (κ2) is 22.4. The standard InChI is InChI=1S/C51H60ClFN7O7PS2/c1-8-67-68(63,64)59(44-22-23-47(48(33-44)60(61)62)54-41(24-25-55(5)6)34-69-46-12-10-9-11-13-46)43-20-18-42(19-21-43)56-26-28-57(29-27-56)45-31-38(30-40(53)32-45)49-50(37-14-16-39(52)17-15-37)58(35(2)3)36(4)51(49)70(7,65)66/h9-23,30-33,35,41,54H,8,24-29,34H2,1-7H3,(H,63,64)/t41-/m1/s1. The number of nitrogens with one attached hydrogen (secondary N) is 1. The van der Waals surface area contributed by atoms with E-state index in [0.717, 1.165) is 33.8 Å². The first-order valence-electron chi connectivity index (χ1n) is 23.0. The maximum absolute atomic E-state index is 15.8. The van der Waals surface area contributed by atoms with Crippen molar-refractivity contribution in [3.8, 4) is 22.4 Å². The van der Waals surface area contributed by atoms with Crippen LogP contribution in [0.4, 0.5) is 38.5 Å². The van der Waals surface area contributed by atoms with Crippen molar-refractivity contribution in [1.29, 1.82) is 0 Å². The van der Waals surface area contributed by atoms with Crippen molar-refractivity contribution in [2.75, 3.05) is 85.2 Å². The zero-order valence-electron chi connectivity index (χ0n) is 40.4. The van der Waals surface area contributed by atoms with E-state index in [1.807, 2.05) is 93.2 Å². The van der Waals surface area contributed by atoms with Crippen LogP contribution in [0.3, 0.4) is 0 Å². The van der Waals surface area contributed by atoms with Crippen LogP contribution in [0.5, 0.6) is 0 Å². The summed E-state index contributed by atoms with van der Waals surface area (Å²) >= 11 is 7.92. The van der Waals surface area contributed by atoms with Crippen molar-refractivity contribution < 1.29 is 31.7 Å². The van der Waals surface area contributed by atoms with E-state index < -0.39 is 28.3 Å². The van der Waals surface area contributed by atoms with E-state index in [2.05, 4.69) is 20.0 Å². The molecule has 5 aromatic carbocycles. The Morgan fingerprint density at radius 2 is 1.53 bits per heavy atom. The Labute approximate surface area is 419 Å². The van der Waals surface area contributed by atoms with Gasteiger partial charge < -0.3 is 29.5 Å². The molecule has 7 rings (SSSR count). The Bertz CT molecular complexity index is 2960. The highest BCUT2D eigenvalue weighted by molar-refractivity contribution is 7.99. The normalized spacial score (nSPS) is 14.5. The number of aromatic nitrogens is 1. The molecule has 372 valence electrons. The van der Waals surface area contributed by atoms with Crippen LogP contribution < -0.4 is 19.8 Å². The average molecular weight is 1030 g/mol. The third-order valence-electron chi connectivity index (χ3n) is 12.1.